The van der Waals surface area contributed by atoms with Gasteiger partial charge in [-0.2, -0.15) is 0 Å². The van der Waals surface area contributed by atoms with Gasteiger partial charge in [0.15, 0.2) is 0 Å². The molecule has 0 saturated carbocycles. The second-order valence-corrected chi connectivity index (χ2v) is 4.57. The molecule has 1 nitrogen and oxygen atoms in total. The summed E-state index contributed by atoms with van der Waals surface area (Å²) in [5.74, 6) is 0.403. The molecule has 0 radical (unpaired) electrons. The number of unbranched alkanes of at least 4 members (excludes halogenated alkanes) is 2. The molecule has 2 heteroatoms. The molecule has 0 amide bonds. The van der Waals surface area contributed by atoms with Gasteiger partial charge in [-0.3, -0.25) is 0 Å². The van der Waals surface area contributed by atoms with Gasteiger partial charge in [-0.05, 0) is 43.5 Å². The van der Waals surface area contributed by atoms with Gasteiger partial charge >= 0.3 is 0 Å². The highest BCUT2D eigenvalue weighted by molar-refractivity contribution is 5.57. The van der Waals surface area contributed by atoms with E-state index in [1.165, 1.54) is 31.4 Å². The van der Waals surface area contributed by atoms with Gasteiger partial charge in [-0.1, -0.05) is 33.3 Å². The topological polar surface area (TPSA) is 9.23 Å². The summed E-state index contributed by atoms with van der Waals surface area (Å²) in [5.41, 5.74) is 0.852. The fourth-order valence-electron chi connectivity index (χ4n) is 1.87. The van der Waals surface area contributed by atoms with Crippen LogP contribution in [0.4, 0.5) is 4.39 Å². The van der Waals surface area contributed by atoms with Gasteiger partial charge in [0.1, 0.15) is 11.6 Å². The molecule has 0 N–H and O–H groups in total. The zero-order valence-electron chi connectivity index (χ0n) is 11.4. The number of hydrogen-bond acceptors (Lipinski definition) is 1. The summed E-state index contributed by atoms with van der Waals surface area (Å²) in [4.78, 5) is 0. The van der Waals surface area contributed by atoms with Crippen LogP contribution in [0.3, 0.4) is 0 Å². The normalized spacial score (nSPS) is 12.2. The summed E-state index contributed by atoms with van der Waals surface area (Å²) in [6.07, 6.45) is 5.90. The van der Waals surface area contributed by atoms with Crippen molar-refractivity contribution >= 4 is 5.76 Å². The number of hydrogen-bond donors (Lipinski definition) is 0. The Morgan fingerprint density at radius 2 is 1.89 bits per heavy atom. The Hall–Kier alpha value is -1.31. The zero-order valence-corrected chi connectivity index (χ0v) is 11.4. The molecule has 1 atom stereocenters. The Morgan fingerprint density at radius 3 is 2.44 bits per heavy atom. The number of benzene rings is 1. The van der Waals surface area contributed by atoms with Gasteiger partial charge in [0, 0.05) is 5.56 Å². The van der Waals surface area contributed by atoms with Gasteiger partial charge in [0.2, 0.25) is 0 Å². The molecule has 1 rings (SSSR count). The lowest BCUT2D eigenvalue weighted by Crippen LogP contribution is -2.10. The first kappa shape index (κ1) is 14.7. The lowest BCUT2D eigenvalue weighted by Gasteiger charge is -2.19. The largest absolute Gasteiger partial charge is 0.490 e. The Labute approximate surface area is 110 Å². The molecule has 0 aliphatic rings. The Morgan fingerprint density at radius 1 is 1.22 bits per heavy atom. The molecular weight excluding hydrogens is 227 g/mol. The Kier molecular flexibility index (Phi) is 6.48. The summed E-state index contributed by atoms with van der Waals surface area (Å²) in [6, 6.07) is 6.27. The Bertz CT molecular complexity index is 356. The highest BCUT2D eigenvalue weighted by atomic mass is 19.1. The molecular formula is C16H23FO. The van der Waals surface area contributed by atoms with Crippen LogP contribution in [0.1, 0.15) is 51.5 Å². The molecule has 0 aromatic heterocycles. The molecule has 0 spiro atoms. The van der Waals surface area contributed by atoms with Crippen LogP contribution in [0, 0.1) is 5.82 Å². The molecule has 1 unspecified atom stereocenters. The first-order valence-electron chi connectivity index (χ1n) is 6.78. The van der Waals surface area contributed by atoms with Gasteiger partial charge < -0.3 is 4.74 Å². The maximum atomic E-state index is 12.8. The summed E-state index contributed by atoms with van der Waals surface area (Å²) in [7, 11) is 0. The van der Waals surface area contributed by atoms with Gasteiger partial charge in [-0.25, -0.2) is 4.39 Å². The fourth-order valence-corrected chi connectivity index (χ4v) is 1.87. The number of ether oxygens (including phenoxy) is 1. The highest BCUT2D eigenvalue weighted by Gasteiger charge is 2.09. The van der Waals surface area contributed by atoms with Gasteiger partial charge in [0.05, 0.1) is 6.10 Å². The Balaban J connectivity index is 2.48. The van der Waals surface area contributed by atoms with E-state index in [-0.39, 0.29) is 11.9 Å². The van der Waals surface area contributed by atoms with E-state index in [0.29, 0.717) is 5.76 Å². The predicted molar refractivity (Wildman–Crippen MR) is 74.7 cm³/mol. The van der Waals surface area contributed by atoms with Crippen LogP contribution in [0.2, 0.25) is 0 Å². The second kappa shape index (κ2) is 7.91. The van der Waals surface area contributed by atoms with E-state index in [0.717, 1.165) is 18.4 Å². The molecule has 0 fully saturated rings. The third-order valence-corrected chi connectivity index (χ3v) is 3.06. The first-order valence-corrected chi connectivity index (χ1v) is 6.78. The maximum Gasteiger partial charge on any atom is 0.123 e. The lowest BCUT2D eigenvalue weighted by atomic mass is 10.1. The van der Waals surface area contributed by atoms with Crippen molar-refractivity contribution in [1.29, 1.82) is 0 Å². The minimum absolute atomic E-state index is 0.217. The van der Waals surface area contributed by atoms with Crippen LogP contribution >= 0.6 is 0 Å². The van der Waals surface area contributed by atoms with E-state index >= 15 is 0 Å². The van der Waals surface area contributed by atoms with Crippen molar-refractivity contribution in [3.05, 3.63) is 42.2 Å². The van der Waals surface area contributed by atoms with Crippen molar-refractivity contribution in [2.45, 2.75) is 52.1 Å². The smallest absolute Gasteiger partial charge is 0.123 e. The SMILES string of the molecule is C=C(OC(CC)CCCCC)c1ccc(F)cc1. The van der Waals surface area contributed by atoms with Crippen molar-refractivity contribution in [2.75, 3.05) is 0 Å². The molecule has 1 aromatic carbocycles. The molecule has 100 valence electrons. The van der Waals surface area contributed by atoms with Crippen molar-refractivity contribution < 1.29 is 9.13 Å². The molecule has 0 aliphatic heterocycles. The number of halogens is 1. The second-order valence-electron chi connectivity index (χ2n) is 4.57. The quantitative estimate of drug-likeness (QED) is 0.456. The number of rotatable bonds is 8. The van der Waals surface area contributed by atoms with E-state index in [4.69, 9.17) is 4.74 Å². The van der Waals surface area contributed by atoms with E-state index in [9.17, 15) is 4.39 Å². The summed E-state index contributed by atoms with van der Waals surface area (Å²) >= 11 is 0. The van der Waals surface area contributed by atoms with E-state index in [1.807, 2.05) is 0 Å². The third-order valence-electron chi connectivity index (χ3n) is 3.06. The van der Waals surface area contributed by atoms with Crippen molar-refractivity contribution in [1.82, 2.24) is 0 Å². The first-order chi connectivity index (χ1) is 8.67. The average molecular weight is 250 g/mol. The third kappa shape index (κ3) is 4.91. The molecule has 0 heterocycles. The maximum absolute atomic E-state index is 12.8. The highest BCUT2D eigenvalue weighted by Crippen LogP contribution is 2.20. The fraction of sp³-hybridized carbons (Fsp3) is 0.500. The summed E-state index contributed by atoms with van der Waals surface area (Å²) < 4.78 is 18.7. The lowest BCUT2D eigenvalue weighted by molar-refractivity contribution is 0.150. The molecule has 0 aliphatic carbocycles. The molecule has 1 aromatic rings. The van der Waals surface area contributed by atoms with Crippen LogP contribution in [-0.4, -0.2) is 6.10 Å². The zero-order chi connectivity index (χ0) is 13.4. The minimum atomic E-state index is -0.235. The average Bonchev–Trinajstić information content (AvgIpc) is 2.38. The van der Waals surface area contributed by atoms with E-state index in [1.54, 1.807) is 12.1 Å². The van der Waals surface area contributed by atoms with Crippen molar-refractivity contribution in [3.63, 3.8) is 0 Å². The summed E-state index contributed by atoms with van der Waals surface area (Å²) in [5, 5.41) is 0. The molecule has 0 bridgehead atoms. The van der Waals surface area contributed by atoms with Crippen LogP contribution in [-0.2, 0) is 4.74 Å². The van der Waals surface area contributed by atoms with Crippen molar-refractivity contribution in [3.8, 4) is 0 Å². The van der Waals surface area contributed by atoms with Crippen LogP contribution in [0.15, 0.2) is 30.8 Å². The standard InChI is InChI=1S/C16H23FO/c1-4-6-7-8-16(5-2)18-13(3)14-9-11-15(17)12-10-14/h9-12,16H,3-8H2,1-2H3. The monoisotopic (exact) mass is 250 g/mol. The predicted octanol–water partition coefficient (Wildman–Crippen LogP) is 5.17. The molecule has 0 saturated heterocycles. The van der Waals surface area contributed by atoms with Gasteiger partial charge in [0.25, 0.3) is 0 Å². The van der Waals surface area contributed by atoms with Crippen LogP contribution in [0.25, 0.3) is 5.76 Å². The van der Waals surface area contributed by atoms with E-state index in [2.05, 4.69) is 20.4 Å². The summed E-state index contributed by atoms with van der Waals surface area (Å²) in [6.45, 7) is 8.24. The van der Waals surface area contributed by atoms with Crippen LogP contribution in [0.5, 0.6) is 0 Å². The van der Waals surface area contributed by atoms with Crippen molar-refractivity contribution in [2.24, 2.45) is 0 Å². The minimum Gasteiger partial charge on any atom is -0.490 e. The van der Waals surface area contributed by atoms with Gasteiger partial charge in [-0.15, -0.1) is 0 Å². The van der Waals surface area contributed by atoms with E-state index < -0.39 is 0 Å². The molecule has 18 heavy (non-hydrogen) atoms. The van der Waals surface area contributed by atoms with Crippen LogP contribution < -0.4 is 0 Å².